The first kappa shape index (κ1) is 19.4. The fourth-order valence-electron chi connectivity index (χ4n) is 3.72. The molecule has 1 fully saturated rings. The number of nitrogens with one attached hydrogen (secondary N) is 1. The lowest BCUT2D eigenvalue weighted by Crippen LogP contribution is -2.46. The number of ether oxygens (including phenoxy) is 1. The normalized spacial score (nSPS) is 16.8. The largest absolute Gasteiger partial charge is 0.439 e. The van der Waals surface area contributed by atoms with Gasteiger partial charge in [0.05, 0.1) is 17.7 Å². The van der Waals surface area contributed by atoms with Gasteiger partial charge in [-0.3, -0.25) is 4.79 Å². The van der Waals surface area contributed by atoms with Gasteiger partial charge in [-0.15, -0.1) is 0 Å². The highest BCUT2D eigenvalue weighted by Crippen LogP contribution is 2.28. The SMILES string of the molecule is N#Cc1ccc(Oc2ccc3[nH]cc(C[C@H](N)C(=O)N4CCC[C@H]4C#N)c3c2)nc1. The Balaban J connectivity index is 1.52. The minimum absolute atomic E-state index is 0.192. The van der Waals surface area contributed by atoms with Crippen molar-refractivity contribution in [1.82, 2.24) is 14.9 Å². The van der Waals surface area contributed by atoms with E-state index in [1.807, 2.05) is 30.5 Å². The van der Waals surface area contributed by atoms with Crippen molar-refractivity contribution >= 4 is 16.8 Å². The number of nitrogens with two attached hydrogens (primary N) is 1. The van der Waals surface area contributed by atoms with Crippen molar-refractivity contribution in [1.29, 1.82) is 10.5 Å². The summed E-state index contributed by atoms with van der Waals surface area (Å²) >= 11 is 0. The Hall–Kier alpha value is -3.88. The Morgan fingerprint density at radius 1 is 1.37 bits per heavy atom. The topological polar surface area (TPSA) is 132 Å². The molecule has 30 heavy (non-hydrogen) atoms. The number of carbonyl (C=O) groups is 1. The van der Waals surface area contributed by atoms with Crippen LogP contribution in [0.4, 0.5) is 0 Å². The number of benzene rings is 1. The third-order valence-corrected chi connectivity index (χ3v) is 5.27. The third-order valence-electron chi connectivity index (χ3n) is 5.27. The number of pyridine rings is 1. The molecule has 8 nitrogen and oxygen atoms in total. The summed E-state index contributed by atoms with van der Waals surface area (Å²) in [6.45, 7) is 0.578. The van der Waals surface area contributed by atoms with Gasteiger partial charge in [0.15, 0.2) is 0 Å². The lowest BCUT2D eigenvalue weighted by Gasteiger charge is -2.23. The van der Waals surface area contributed by atoms with Crippen molar-refractivity contribution in [3.8, 4) is 23.8 Å². The number of nitriles is 2. The van der Waals surface area contributed by atoms with Gasteiger partial charge in [0.25, 0.3) is 0 Å². The predicted octanol–water partition coefficient (Wildman–Crippen LogP) is 2.61. The molecule has 1 amide bonds. The molecule has 8 heteroatoms. The van der Waals surface area contributed by atoms with Gasteiger partial charge in [-0.1, -0.05) is 0 Å². The summed E-state index contributed by atoms with van der Waals surface area (Å²) in [6, 6.07) is 11.9. The van der Waals surface area contributed by atoms with E-state index in [2.05, 4.69) is 16.0 Å². The number of carbonyl (C=O) groups excluding carboxylic acids is 1. The van der Waals surface area contributed by atoms with E-state index in [-0.39, 0.29) is 11.9 Å². The number of rotatable bonds is 5. The van der Waals surface area contributed by atoms with E-state index in [0.717, 1.165) is 22.9 Å². The molecule has 0 bridgehead atoms. The molecule has 1 aromatic carbocycles. The maximum absolute atomic E-state index is 12.7. The van der Waals surface area contributed by atoms with Gasteiger partial charge >= 0.3 is 0 Å². The zero-order valence-corrected chi connectivity index (χ0v) is 16.2. The Morgan fingerprint density at radius 3 is 2.97 bits per heavy atom. The predicted molar refractivity (Wildman–Crippen MR) is 109 cm³/mol. The molecule has 0 saturated carbocycles. The van der Waals surface area contributed by atoms with Crippen LogP contribution in [0, 0.1) is 22.7 Å². The van der Waals surface area contributed by atoms with Crippen LogP contribution in [0.2, 0.25) is 0 Å². The minimum Gasteiger partial charge on any atom is -0.439 e. The first-order chi connectivity index (χ1) is 14.6. The molecule has 1 aliphatic rings. The highest BCUT2D eigenvalue weighted by molar-refractivity contribution is 5.87. The second-order valence-electron chi connectivity index (χ2n) is 7.25. The number of aromatic nitrogens is 2. The molecule has 150 valence electrons. The molecule has 1 saturated heterocycles. The van der Waals surface area contributed by atoms with Gasteiger partial charge < -0.3 is 20.4 Å². The highest BCUT2D eigenvalue weighted by atomic mass is 16.5. The number of amides is 1. The Kier molecular flexibility index (Phi) is 5.34. The number of likely N-dealkylation sites (tertiary alicyclic amines) is 1. The van der Waals surface area contributed by atoms with Crippen LogP contribution >= 0.6 is 0 Å². The molecule has 3 N–H and O–H groups in total. The number of nitrogens with zero attached hydrogens (tertiary/aromatic N) is 4. The maximum Gasteiger partial charge on any atom is 0.240 e. The molecule has 2 aromatic heterocycles. The number of hydrogen-bond donors (Lipinski definition) is 2. The van der Waals surface area contributed by atoms with E-state index in [9.17, 15) is 10.1 Å². The number of H-pyrrole nitrogens is 1. The van der Waals surface area contributed by atoms with Crippen LogP contribution in [0.25, 0.3) is 10.9 Å². The van der Waals surface area contributed by atoms with E-state index in [4.69, 9.17) is 15.7 Å². The number of hydrogen-bond acceptors (Lipinski definition) is 6. The molecular weight excluding hydrogens is 380 g/mol. The lowest BCUT2D eigenvalue weighted by atomic mass is 10.0. The Bertz CT molecular complexity index is 1160. The number of fused-ring (bicyclic) bond motifs is 1. The van der Waals surface area contributed by atoms with Crippen molar-refractivity contribution in [2.24, 2.45) is 5.73 Å². The van der Waals surface area contributed by atoms with Gasteiger partial charge in [0.2, 0.25) is 11.8 Å². The lowest BCUT2D eigenvalue weighted by molar-refractivity contribution is -0.132. The van der Waals surface area contributed by atoms with Gasteiger partial charge in [0.1, 0.15) is 17.9 Å². The summed E-state index contributed by atoms with van der Waals surface area (Å²) < 4.78 is 5.80. The molecule has 4 rings (SSSR count). The molecule has 0 unspecified atom stereocenters. The van der Waals surface area contributed by atoms with Crippen molar-refractivity contribution < 1.29 is 9.53 Å². The Labute approximate surface area is 173 Å². The molecule has 0 radical (unpaired) electrons. The molecule has 1 aliphatic heterocycles. The fraction of sp³-hybridized carbons (Fsp3) is 0.273. The molecule has 3 heterocycles. The van der Waals surface area contributed by atoms with E-state index < -0.39 is 6.04 Å². The van der Waals surface area contributed by atoms with Gasteiger partial charge in [0, 0.05) is 35.9 Å². The molecule has 3 aromatic rings. The van der Waals surface area contributed by atoms with E-state index in [0.29, 0.717) is 36.6 Å². The van der Waals surface area contributed by atoms with E-state index in [1.165, 1.54) is 6.20 Å². The maximum atomic E-state index is 12.7. The van der Waals surface area contributed by atoms with Crippen molar-refractivity contribution in [3.63, 3.8) is 0 Å². The summed E-state index contributed by atoms with van der Waals surface area (Å²) in [5.41, 5.74) is 8.47. The Morgan fingerprint density at radius 2 is 2.23 bits per heavy atom. The van der Waals surface area contributed by atoms with Crippen LogP contribution < -0.4 is 10.5 Å². The van der Waals surface area contributed by atoms with Crippen LogP contribution in [0.3, 0.4) is 0 Å². The van der Waals surface area contributed by atoms with Crippen LogP contribution in [-0.4, -0.2) is 39.4 Å². The fourth-order valence-corrected chi connectivity index (χ4v) is 3.72. The summed E-state index contributed by atoms with van der Waals surface area (Å²) in [5.74, 6) is 0.779. The smallest absolute Gasteiger partial charge is 0.240 e. The third kappa shape index (κ3) is 3.82. The summed E-state index contributed by atoms with van der Waals surface area (Å²) in [6.07, 6.45) is 5.17. The molecule has 2 atom stereocenters. The van der Waals surface area contributed by atoms with Crippen LogP contribution in [0.15, 0.2) is 42.7 Å². The average molecular weight is 400 g/mol. The summed E-state index contributed by atoms with van der Waals surface area (Å²) in [4.78, 5) is 21.6. The molecular formula is C22H20N6O2. The minimum atomic E-state index is -0.720. The summed E-state index contributed by atoms with van der Waals surface area (Å²) in [7, 11) is 0. The molecule has 0 spiro atoms. The number of aromatic amines is 1. The monoisotopic (exact) mass is 400 g/mol. The van der Waals surface area contributed by atoms with Crippen LogP contribution in [-0.2, 0) is 11.2 Å². The average Bonchev–Trinajstić information content (AvgIpc) is 3.40. The van der Waals surface area contributed by atoms with Gasteiger partial charge in [-0.25, -0.2) is 4.98 Å². The van der Waals surface area contributed by atoms with E-state index >= 15 is 0 Å². The first-order valence-electron chi connectivity index (χ1n) is 9.68. The first-order valence-corrected chi connectivity index (χ1v) is 9.68. The quantitative estimate of drug-likeness (QED) is 0.676. The van der Waals surface area contributed by atoms with Gasteiger partial charge in [-0.2, -0.15) is 10.5 Å². The zero-order chi connectivity index (χ0) is 21.1. The zero-order valence-electron chi connectivity index (χ0n) is 16.2. The second kappa shape index (κ2) is 8.24. The standard InChI is InChI=1S/C22H20N6O2/c23-10-14-3-6-21(27-12-14)30-17-4-5-20-18(9-17)15(13-26-20)8-19(25)22(29)28-7-1-2-16(28)11-24/h3-6,9,12-13,16,19,26H,1-2,7-8,25H2/t16-,19-/m0/s1. The van der Waals surface area contributed by atoms with E-state index in [1.54, 1.807) is 17.0 Å². The highest BCUT2D eigenvalue weighted by Gasteiger charge is 2.31. The van der Waals surface area contributed by atoms with Gasteiger partial charge in [-0.05, 0) is 49.1 Å². The van der Waals surface area contributed by atoms with Crippen LogP contribution in [0.1, 0.15) is 24.0 Å². The van der Waals surface area contributed by atoms with Crippen molar-refractivity contribution in [2.75, 3.05) is 6.54 Å². The van der Waals surface area contributed by atoms with Crippen molar-refractivity contribution in [3.05, 3.63) is 53.9 Å². The second-order valence-corrected chi connectivity index (χ2v) is 7.25. The van der Waals surface area contributed by atoms with Crippen molar-refractivity contribution in [2.45, 2.75) is 31.3 Å². The summed E-state index contributed by atoms with van der Waals surface area (Å²) in [5, 5.41) is 19.0. The molecule has 0 aliphatic carbocycles. The van der Waals surface area contributed by atoms with Crippen LogP contribution in [0.5, 0.6) is 11.6 Å².